The van der Waals surface area contributed by atoms with E-state index < -0.39 is 0 Å². The molecule has 0 unspecified atom stereocenters. The Bertz CT molecular complexity index is 887. The molecule has 0 aliphatic rings. The molecule has 138 valence electrons. The number of aryl methyl sites for hydroxylation is 4. The lowest BCUT2D eigenvalue weighted by atomic mass is 10.2. The smallest absolute Gasteiger partial charge is 0.262 e. The fourth-order valence-electron chi connectivity index (χ4n) is 2.95. The van der Waals surface area contributed by atoms with Crippen LogP contribution < -0.4 is 5.32 Å². The van der Waals surface area contributed by atoms with E-state index >= 15 is 0 Å². The lowest BCUT2D eigenvalue weighted by molar-refractivity contribution is 0.102. The summed E-state index contributed by atoms with van der Waals surface area (Å²) in [4.78, 5) is 12.8. The zero-order valence-electron chi connectivity index (χ0n) is 15.6. The van der Waals surface area contributed by atoms with Gasteiger partial charge >= 0.3 is 0 Å². The van der Waals surface area contributed by atoms with Crippen LogP contribution in [0.15, 0.2) is 18.3 Å². The maximum absolute atomic E-state index is 12.8. The molecule has 0 aliphatic heterocycles. The highest BCUT2D eigenvalue weighted by Gasteiger charge is 2.21. The van der Waals surface area contributed by atoms with Crippen LogP contribution in [0.1, 0.15) is 52.9 Å². The standard InChI is InChI=1S/C18H24N6OS/c1-5-6-7-8-15-21-22-18(26-15)20-16(25)14-11-19-23(4)17(14)24-12(2)9-10-13(24)3/h9-11H,5-8H2,1-4H3,(H,20,22,25). The third-order valence-corrected chi connectivity index (χ3v) is 5.22. The first-order chi connectivity index (χ1) is 12.5. The Morgan fingerprint density at radius 1 is 1.19 bits per heavy atom. The summed E-state index contributed by atoms with van der Waals surface area (Å²) < 4.78 is 3.74. The number of hydrogen-bond donors (Lipinski definition) is 1. The van der Waals surface area contributed by atoms with E-state index in [2.05, 4.69) is 27.5 Å². The third-order valence-electron chi connectivity index (χ3n) is 4.32. The number of unbranched alkanes of at least 4 members (excludes halogenated alkanes) is 2. The van der Waals surface area contributed by atoms with Crippen molar-refractivity contribution in [2.45, 2.75) is 46.5 Å². The van der Waals surface area contributed by atoms with Crippen molar-refractivity contribution in [2.75, 3.05) is 5.32 Å². The molecule has 0 radical (unpaired) electrons. The van der Waals surface area contributed by atoms with Crippen molar-refractivity contribution in [2.24, 2.45) is 7.05 Å². The largest absolute Gasteiger partial charge is 0.303 e. The number of carbonyl (C=O) groups is 1. The molecule has 7 nitrogen and oxygen atoms in total. The van der Waals surface area contributed by atoms with Crippen LogP contribution >= 0.6 is 11.3 Å². The van der Waals surface area contributed by atoms with E-state index in [0.29, 0.717) is 10.7 Å². The van der Waals surface area contributed by atoms with E-state index in [1.165, 1.54) is 24.2 Å². The molecule has 1 amide bonds. The molecule has 0 aliphatic carbocycles. The molecule has 8 heteroatoms. The number of nitrogens with one attached hydrogen (secondary N) is 1. The molecular weight excluding hydrogens is 348 g/mol. The first-order valence-corrected chi connectivity index (χ1v) is 9.64. The summed E-state index contributed by atoms with van der Waals surface area (Å²) in [6.45, 7) is 6.19. The maximum Gasteiger partial charge on any atom is 0.262 e. The molecule has 3 heterocycles. The van der Waals surface area contributed by atoms with Gasteiger partial charge < -0.3 is 4.57 Å². The van der Waals surface area contributed by atoms with Gasteiger partial charge in [0.1, 0.15) is 16.4 Å². The monoisotopic (exact) mass is 372 g/mol. The van der Waals surface area contributed by atoms with Crippen LogP contribution in [0.2, 0.25) is 0 Å². The summed E-state index contributed by atoms with van der Waals surface area (Å²) in [5.74, 6) is 0.520. The molecular formula is C18H24N6OS. The van der Waals surface area contributed by atoms with E-state index in [1.54, 1.807) is 10.9 Å². The Morgan fingerprint density at radius 3 is 2.62 bits per heavy atom. The fourth-order valence-corrected chi connectivity index (χ4v) is 3.73. The predicted octanol–water partition coefficient (Wildman–Crippen LogP) is 3.66. The molecule has 0 saturated heterocycles. The minimum Gasteiger partial charge on any atom is -0.303 e. The number of carbonyl (C=O) groups excluding carboxylic acids is 1. The van der Waals surface area contributed by atoms with Crippen LogP contribution in [0.5, 0.6) is 0 Å². The topological polar surface area (TPSA) is 77.6 Å². The lowest BCUT2D eigenvalue weighted by Gasteiger charge is -2.12. The Kier molecular flexibility index (Phi) is 5.51. The highest BCUT2D eigenvalue weighted by Crippen LogP contribution is 2.22. The summed E-state index contributed by atoms with van der Waals surface area (Å²) in [5, 5.41) is 16.9. The van der Waals surface area contributed by atoms with Crippen molar-refractivity contribution >= 4 is 22.4 Å². The van der Waals surface area contributed by atoms with Gasteiger partial charge in [-0.25, -0.2) is 0 Å². The highest BCUT2D eigenvalue weighted by atomic mass is 32.1. The number of anilines is 1. The Labute approximate surface area is 157 Å². The van der Waals surface area contributed by atoms with Gasteiger partial charge in [0.25, 0.3) is 5.91 Å². The van der Waals surface area contributed by atoms with E-state index in [1.807, 2.05) is 37.6 Å². The second-order valence-corrected chi connectivity index (χ2v) is 7.43. The van der Waals surface area contributed by atoms with Crippen LogP contribution in [-0.2, 0) is 13.5 Å². The fraction of sp³-hybridized carbons (Fsp3) is 0.444. The molecule has 3 aromatic rings. The Balaban J connectivity index is 1.80. The summed E-state index contributed by atoms with van der Waals surface area (Å²) in [5.41, 5.74) is 2.61. The number of nitrogens with zero attached hydrogens (tertiary/aromatic N) is 5. The second-order valence-electron chi connectivity index (χ2n) is 6.37. The minimum absolute atomic E-state index is 0.225. The second kappa shape index (κ2) is 7.82. The summed E-state index contributed by atoms with van der Waals surface area (Å²) in [6.07, 6.45) is 5.94. The molecule has 0 bridgehead atoms. The van der Waals surface area contributed by atoms with Gasteiger partial charge in [0.05, 0.1) is 6.20 Å². The van der Waals surface area contributed by atoms with Crippen LogP contribution in [0.4, 0.5) is 5.13 Å². The Hall–Kier alpha value is -2.48. The predicted molar refractivity (Wildman–Crippen MR) is 103 cm³/mol. The van der Waals surface area contributed by atoms with Crippen molar-refractivity contribution < 1.29 is 4.79 Å². The summed E-state index contributed by atoms with van der Waals surface area (Å²) in [7, 11) is 1.84. The molecule has 26 heavy (non-hydrogen) atoms. The van der Waals surface area contributed by atoms with Crippen molar-refractivity contribution in [3.63, 3.8) is 0 Å². The van der Waals surface area contributed by atoms with Crippen LogP contribution in [0.3, 0.4) is 0 Å². The number of aromatic nitrogens is 5. The highest BCUT2D eigenvalue weighted by molar-refractivity contribution is 7.15. The van der Waals surface area contributed by atoms with Crippen molar-refractivity contribution in [3.05, 3.63) is 40.3 Å². The molecule has 0 spiro atoms. The van der Waals surface area contributed by atoms with Crippen molar-refractivity contribution in [1.82, 2.24) is 24.5 Å². The molecule has 1 N–H and O–H groups in total. The number of amides is 1. The van der Waals surface area contributed by atoms with Gasteiger partial charge in [0.15, 0.2) is 0 Å². The van der Waals surface area contributed by atoms with E-state index in [-0.39, 0.29) is 5.91 Å². The molecule has 0 fully saturated rings. The first-order valence-electron chi connectivity index (χ1n) is 8.82. The van der Waals surface area contributed by atoms with E-state index in [4.69, 9.17) is 0 Å². The summed E-state index contributed by atoms with van der Waals surface area (Å²) in [6, 6.07) is 4.05. The average molecular weight is 372 g/mol. The third kappa shape index (κ3) is 3.70. The van der Waals surface area contributed by atoms with Crippen LogP contribution in [-0.4, -0.2) is 30.5 Å². The van der Waals surface area contributed by atoms with Gasteiger partial charge in [-0.05, 0) is 32.4 Å². The number of hydrogen-bond acceptors (Lipinski definition) is 5. The van der Waals surface area contributed by atoms with Gasteiger partial charge in [-0.2, -0.15) is 5.10 Å². The van der Waals surface area contributed by atoms with Gasteiger partial charge in [0, 0.05) is 24.9 Å². The maximum atomic E-state index is 12.8. The molecule has 0 saturated carbocycles. The quantitative estimate of drug-likeness (QED) is 0.642. The SMILES string of the molecule is CCCCCc1nnc(NC(=O)c2cnn(C)c2-n2c(C)ccc2C)s1. The minimum atomic E-state index is -0.225. The first kappa shape index (κ1) is 18.3. The van der Waals surface area contributed by atoms with Gasteiger partial charge in [-0.3, -0.25) is 14.8 Å². The zero-order valence-corrected chi connectivity index (χ0v) is 16.4. The average Bonchev–Trinajstić information content (AvgIpc) is 3.28. The van der Waals surface area contributed by atoms with Crippen molar-refractivity contribution in [1.29, 1.82) is 0 Å². The van der Waals surface area contributed by atoms with Crippen molar-refractivity contribution in [3.8, 4) is 5.82 Å². The number of rotatable bonds is 7. The normalized spacial score (nSPS) is 11.1. The van der Waals surface area contributed by atoms with Gasteiger partial charge in [-0.15, -0.1) is 10.2 Å². The molecule has 3 aromatic heterocycles. The summed E-state index contributed by atoms with van der Waals surface area (Å²) >= 11 is 1.43. The Morgan fingerprint density at radius 2 is 1.92 bits per heavy atom. The van der Waals surface area contributed by atoms with Crippen LogP contribution in [0.25, 0.3) is 5.82 Å². The lowest BCUT2D eigenvalue weighted by Crippen LogP contribution is -2.16. The van der Waals surface area contributed by atoms with Gasteiger partial charge in [0.2, 0.25) is 5.13 Å². The van der Waals surface area contributed by atoms with Crippen LogP contribution in [0, 0.1) is 13.8 Å². The van der Waals surface area contributed by atoms with Gasteiger partial charge in [-0.1, -0.05) is 31.1 Å². The van der Waals surface area contributed by atoms with E-state index in [9.17, 15) is 4.79 Å². The zero-order chi connectivity index (χ0) is 18.7. The molecule has 3 rings (SSSR count). The molecule has 0 atom stereocenters. The van der Waals surface area contributed by atoms with E-state index in [0.717, 1.165) is 35.1 Å². The molecule has 0 aromatic carbocycles.